The number of benzene rings is 2. The topological polar surface area (TPSA) is 23.8 Å². The molecule has 0 fully saturated rings. The molecule has 0 N–H and O–H groups in total. The Kier molecular flexibility index (Phi) is 5.45. The zero-order chi connectivity index (χ0) is 17.4. The maximum absolute atomic E-state index is 12.4. The number of allylic oxidation sites excluding steroid dienone is 2. The second-order valence-electron chi connectivity index (χ2n) is 4.60. The van der Waals surface area contributed by atoms with Gasteiger partial charge in [0.2, 0.25) is 0 Å². The monoisotopic (exact) mass is 321 g/mol. The van der Waals surface area contributed by atoms with Crippen molar-refractivity contribution in [3.05, 3.63) is 82.9 Å². The van der Waals surface area contributed by atoms with Crippen molar-refractivity contribution >= 4 is 0 Å². The summed E-state index contributed by atoms with van der Waals surface area (Å²) < 4.78 is 37.3. The van der Waals surface area contributed by atoms with Crippen LogP contribution < -0.4 is 0 Å². The Hall–Kier alpha value is -3.42. The van der Waals surface area contributed by atoms with Crippen LogP contribution >= 0.6 is 0 Å². The molecule has 4 heteroatoms. The van der Waals surface area contributed by atoms with Gasteiger partial charge in [-0.1, -0.05) is 35.8 Å². The molecule has 24 heavy (non-hydrogen) atoms. The molecule has 0 radical (unpaired) electrons. The smallest absolute Gasteiger partial charge is 0.192 e. The van der Waals surface area contributed by atoms with Crippen molar-refractivity contribution in [3.8, 4) is 29.8 Å². The summed E-state index contributed by atoms with van der Waals surface area (Å²) in [5, 5.41) is 8.93. The summed E-state index contributed by atoms with van der Waals surface area (Å²) in [6.07, 6.45) is -1.33. The number of hydrogen-bond donors (Lipinski definition) is 0. The molecule has 0 bridgehead atoms. The van der Waals surface area contributed by atoms with Gasteiger partial charge in [0.15, 0.2) is 0 Å². The minimum atomic E-state index is -4.35. The van der Waals surface area contributed by atoms with Crippen LogP contribution in [0.25, 0.3) is 0 Å². The van der Waals surface area contributed by atoms with Crippen LogP contribution in [-0.2, 0) is 6.18 Å². The first-order valence-corrected chi connectivity index (χ1v) is 6.85. The highest BCUT2D eigenvalue weighted by Gasteiger charge is 2.29. The van der Waals surface area contributed by atoms with Crippen LogP contribution in [0.3, 0.4) is 0 Å². The molecular weight excluding hydrogens is 311 g/mol. The number of hydrogen-bond acceptors (Lipinski definition) is 1. The Labute approximate surface area is 138 Å². The molecular formula is C20H10F3N. The lowest BCUT2D eigenvalue weighted by atomic mass is 10.1. The van der Waals surface area contributed by atoms with Crippen molar-refractivity contribution < 1.29 is 13.2 Å². The lowest BCUT2D eigenvalue weighted by molar-refractivity contribution is -0.137. The van der Waals surface area contributed by atoms with Gasteiger partial charge in [0.05, 0.1) is 11.1 Å². The van der Waals surface area contributed by atoms with E-state index in [1.165, 1.54) is 24.3 Å². The van der Waals surface area contributed by atoms with Crippen molar-refractivity contribution in [3.63, 3.8) is 0 Å². The molecule has 0 amide bonds. The Morgan fingerprint density at radius 1 is 0.792 bits per heavy atom. The van der Waals surface area contributed by atoms with Gasteiger partial charge >= 0.3 is 6.18 Å². The van der Waals surface area contributed by atoms with E-state index in [4.69, 9.17) is 5.26 Å². The van der Waals surface area contributed by atoms with Crippen LogP contribution in [0.15, 0.2) is 60.7 Å². The predicted molar refractivity (Wildman–Crippen MR) is 85.5 cm³/mol. The predicted octanol–water partition coefficient (Wildman–Crippen LogP) is 4.54. The molecule has 116 valence electrons. The lowest BCUT2D eigenvalue weighted by Gasteiger charge is -2.05. The van der Waals surface area contributed by atoms with Gasteiger partial charge in [-0.15, -0.1) is 0 Å². The minimum absolute atomic E-state index is 0.482. The Bertz CT molecular complexity index is 906. The Morgan fingerprint density at radius 3 is 1.96 bits per heavy atom. The molecule has 0 aliphatic carbocycles. The normalized spacial score (nSPS) is 10.2. The number of alkyl halides is 3. The largest absolute Gasteiger partial charge is 0.416 e. The lowest BCUT2D eigenvalue weighted by Crippen LogP contribution is -2.03. The Morgan fingerprint density at radius 2 is 1.38 bits per heavy atom. The molecule has 0 aliphatic rings. The van der Waals surface area contributed by atoms with Gasteiger partial charge in [-0.25, -0.2) is 0 Å². The Balaban J connectivity index is 2.03. The quantitative estimate of drug-likeness (QED) is 0.654. The zero-order valence-electron chi connectivity index (χ0n) is 12.4. The SMILES string of the molecule is N#Cc1ccccc1C#CC=CC#Cc1ccc(C(F)(F)F)cc1. The molecule has 2 rings (SSSR count). The van der Waals surface area contributed by atoms with E-state index < -0.39 is 11.7 Å². The third-order valence-corrected chi connectivity index (χ3v) is 2.93. The van der Waals surface area contributed by atoms with Crippen LogP contribution in [0.5, 0.6) is 0 Å². The van der Waals surface area contributed by atoms with Gasteiger partial charge in [-0.3, -0.25) is 0 Å². The van der Waals surface area contributed by atoms with Crippen LogP contribution in [0, 0.1) is 35.0 Å². The van der Waals surface area contributed by atoms with Gasteiger partial charge in [-0.2, -0.15) is 18.4 Å². The van der Waals surface area contributed by atoms with E-state index in [1.54, 1.807) is 24.3 Å². The summed E-state index contributed by atoms with van der Waals surface area (Å²) in [6, 6.07) is 13.6. The first-order chi connectivity index (χ1) is 11.5. The zero-order valence-corrected chi connectivity index (χ0v) is 12.4. The highest BCUT2D eigenvalue weighted by Crippen LogP contribution is 2.28. The molecule has 0 atom stereocenters. The minimum Gasteiger partial charge on any atom is -0.192 e. The van der Waals surface area contributed by atoms with Gasteiger partial charge in [0.25, 0.3) is 0 Å². The standard InChI is InChI=1S/C20H10F3N/c21-20(22,23)19-13-11-16(12-14-19)7-3-1-2-4-8-17-9-5-6-10-18(17)15-24/h1-2,5-6,9-14H. The molecule has 0 spiro atoms. The number of rotatable bonds is 0. The van der Waals surface area contributed by atoms with E-state index >= 15 is 0 Å². The maximum atomic E-state index is 12.4. The summed E-state index contributed by atoms with van der Waals surface area (Å²) >= 11 is 0. The summed E-state index contributed by atoms with van der Waals surface area (Å²) in [4.78, 5) is 0. The van der Waals surface area contributed by atoms with Crippen LogP contribution in [0.2, 0.25) is 0 Å². The van der Waals surface area contributed by atoms with E-state index in [1.807, 2.05) is 6.07 Å². The molecule has 0 heterocycles. The second-order valence-corrected chi connectivity index (χ2v) is 4.60. The molecule has 2 aromatic carbocycles. The average molecular weight is 321 g/mol. The molecule has 2 aromatic rings. The van der Waals surface area contributed by atoms with E-state index in [0.29, 0.717) is 16.7 Å². The van der Waals surface area contributed by atoms with E-state index in [9.17, 15) is 13.2 Å². The van der Waals surface area contributed by atoms with Gasteiger partial charge < -0.3 is 0 Å². The van der Waals surface area contributed by atoms with Crippen molar-refractivity contribution in [1.29, 1.82) is 5.26 Å². The van der Waals surface area contributed by atoms with Crippen molar-refractivity contribution in [2.45, 2.75) is 6.18 Å². The highest BCUT2D eigenvalue weighted by molar-refractivity contribution is 5.49. The molecule has 0 saturated carbocycles. The number of nitrogens with zero attached hydrogens (tertiary/aromatic N) is 1. The van der Waals surface area contributed by atoms with Crippen molar-refractivity contribution in [2.24, 2.45) is 0 Å². The third-order valence-electron chi connectivity index (χ3n) is 2.93. The molecule has 1 nitrogen and oxygen atoms in total. The van der Waals surface area contributed by atoms with Crippen molar-refractivity contribution in [1.82, 2.24) is 0 Å². The molecule has 0 aromatic heterocycles. The first-order valence-electron chi connectivity index (χ1n) is 6.85. The fourth-order valence-corrected chi connectivity index (χ4v) is 1.76. The maximum Gasteiger partial charge on any atom is 0.416 e. The van der Waals surface area contributed by atoms with Gasteiger partial charge in [-0.05, 0) is 48.6 Å². The summed E-state index contributed by atoms with van der Waals surface area (Å²) in [7, 11) is 0. The summed E-state index contributed by atoms with van der Waals surface area (Å²) in [5.41, 5.74) is 0.899. The molecule has 0 aliphatic heterocycles. The average Bonchev–Trinajstić information content (AvgIpc) is 2.58. The van der Waals surface area contributed by atoms with E-state index in [2.05, 4.69) is 23.7 Å². The van der Waals surface area contributed by atoms with Gasteiger partial charge in [0.1, 0.15) is 6.07 Å². The summed E-state index contributed by atoms with van der Waals surface area (Å²) in [6.45, 7) is 0. The fourth-order valence-electron chi connectivity index (χ4n) is 1.76. The second kappa shape index (κ2) is 7.73. The fraction of sp³-hybridized carbons (Fsp3) is 0.0500. The van der Waals surface area contributed by atoms with Crippen LogP contribution in [-0.4, -0.2) is 0 Å². The highest BCUT2D eigenvalue weighted by atomic mass is 19.4. The van der Waals surface area contributed by atoms with Gasteiger partial charge in [0, 0.05) is 11.1 Å². The first kappa shape index (κ1) is 16.9. The number of nitriles is 1. The van der Waals surface area contributed by atoms with Crippen LogP contribution in [0.1, 0.15) is 22.3 Å². The van der Waals surface area contributed by atoms with E-state index in [-0.39, 0.29) is 0 Å². The van der Waals surface area contributed by atoms with Crippen molar-refractivity contribution in [2.75, 3.05) is 0 Å². The third kappa shape index (κ3) is 4.80. The summed E-state index contributed by atoms with van der Waals surface area (Å²) in [5.74, 6) is 11.0. The number of halogens is 3. The van der Waals surface area contributed by atoms with Crippen LogP contribution in [0.4, 0.5) is 13.2 Å². The van der Waals surface area contributed by atoms with E-state index in [0.717, 1.165) is 12.1 Å². The molecule has 0 unspecified atom stereocenters. The molecule has 0 saturated heterocycles.